The molecule has 0 bridgehead atoms. The van der Waals surface area contributed by atoms with Crippen molar-refractivity contribution >= 4 is 12.2 Å². The van der Waals surface area contributed by atoms with Crippen molar-refractivity contribution in [2.24, 2.45) is 0 Å². The van der Waals surface area contributed by atoms with Crippen molar-refractivity contribution in [3.8, 4) is 0 Å². The second-order valence-corrected chi connectivity index (χ2v) is 3.96. The zero-order valence-electron chi connectivity index (χ0n) is 9.54. The molecule has 1 saturated heterocycles. The summed E-state index contributed by atoms with van der Waals surface area (Å²) in [4.78, 5) is 21.6. The summed E-state index contributed by atoms with van der Waals surface area (Å²) in [5, 5.41) is 11.1. The van der Waals surface area contributed by atoms with Gasteiger partial charge in [0.15, 0.2) is 6.10 Å². The van der Waals surface area contributed by atoms with E-state index in [1.54, 1.807) is 0 Å². The standard InChI is InChI=1S/C12H13NO5/c14-11(15)13-9(10-7-17-12(16)18-10)6-8-4-2-1-3-5-8/h1-5,9-10,13H,6-7H2,(H,14,15)/t9-,10?/m0/s1. The van der Waals surface area contributed by atoms with E-state index in [1.807, 2.05) is 30.3 Å². The molecule has 1 aromatic carbocycles. The molecule has 1 fully saturated rings. The number of carboxylic acid groups (broad SMARTS) is 1. The summed E-state index contributed by atoms with van der Waals surface area (Å²) in [5.74, 6) is 0. The molecule has 1 aromatic rings. The molecule has 0 radical (unpaired) electrons. The summed E-state index contributed by atoms with van der Waals surface area (Å²) in [6.07, 6.45) is -2.06. The largest absolute Gasteiger partial charge is 0.508 e. The number of hydrogen-bond donors (Lipinski definition) is 2. The lowest BCUT2D eigenvalue weighted by molar-refractivity contribution is 0.103. The molecular weight excluding hydrogens is 238 g/mol. The Morgan fingerprint density at radius 3 is 2.72 bits per heavy atom. The molecule has 1 amide bonds. The Morgan fingerprint density at radius 1 is 1.44 bits per heavy atom. The minimum absolute atomic E-state index is 0.0661. The van der Waals surface area contributed by atoms with E-state index in [9.17, 15) is 9.59 Å². The SMILES string of the molecule is O=C(O)N[C@@H](Cc1ccccc1)C1COC(=O)O1. The van der Waals surface area contributed by atoms with Gasteiger partial charge in [0.1, 0.15) is 6.61 Å². The van der Waals surface area contributed by atoms with Crippen molar-refractivity contribution in [2.45, 2.75) is 18.6 Å². The maximum Gasteiger partial charge on any atom is 0.508 e. The molecule has 0 spiro atoms. The fourth-order valence-corrected chi connectivity index (χ4v) is 1.84. The van der Waals surface area contributed by atoms with Crippen molar-refractivity contribution in [3.05, 3.63) is 35.9 Å². The number of carbonyl (C=O) groups is 2. The summed E-state index contributed by atoms with van der Waals surface area (Å²) < 4.78 is 9.58. The van der Waals surface area contributed by atoms with E-state index in [4.69, 9.17) is 9.84 Å². The van der Waals surface area contributed by atoms with E-state index < -0.39 is 24.4 Å². The monoisotopic (exact) mass is 251 g/mol. The first kappa shape index (κ1) is 12.2. The van der Waals surface area contributed by atoms with Gasteiger partial charge >= 0.3 is 12.2 Å². The number of amides is 1. The fourth-order valence-electron chi connectivity index (χ4n) is 1.84. The molecule has 2 rings (SSSR count). The van der Waals surface area contributed by atoms with Crippen LogP contribution in [0.5, 0.6) is 0 Å². The Balaban J connectivity index is 2.05. The van der Waals surface area contributed by atoms with E-state index in [-0.39, 0.29) is 6.61 Å². The molecular formula is C12H13NO5. The van der Waals surface area contributed by atoms with Crippen LogP contribution in [0.25, 0.3) is 0 Å². The van der Waals surface area contributed by atoms with Crippen LogP contribution < -0.4 is 5.32 Å². The fraction of sp³-hybridized carbons (Fsp3) is 0.333. The van der Waals surface area contributed by atoms with Gasteiger partial charge in [0.2, 0.25) is 0 Å². The highest BCUT2D eigenvalue weighted by atomic mass is 16.8. The highest BCUT2D eigenvalue weighted by Crippen LogP contribution is 2.14. The predicted octanol–water partition coefficient (Wildman–Crippen LogP) is 1.40. The van der Waals surface area contributed by atoms with Gasteiger partial charge in [-0.05, 0) is 12.0 Å². The second-order valence-electron chi connectivity index (χ2n) is 3.96. The summed E-state index contributed by atoms with van der Waals surface area (Å²) >= 11 is 0. The number of ether oxygens (including phenoxy) is 2. The summed E-state index contributed by atoms with van der Waals surface area (Å²) in [6.45, 7) is 0.0661. The Kier molecular flexibility index (Phi) is 3.66. The van der Waals surface area contributed by atoms with Crippen molar-refractivity contribution in [3.63, 3.8) is 0 Å². The lowest BCUT2D eigenvalue weighted by Crippen LogP contribution is -2.45. The molecule has 1 aliphatic heterocycles. The summed E-state index contributed by atoms with van der Waals surface area (Å²) in [6, 6.07) is 8.86. The zero-order valence-corrected chi connectivity index (χ0v) is 9.54. The van der Waals surface area contributed by atoms with E-state index in [0.29, 0.717) is 6.42 Å². The van der Waals surface area contributed by atoms with Gasteiger partial charge in [-0.1, -0.05) is 30.3 Å². The lowest BCUT2D eigenvalue weighted by atomic mass is 10.0. The number of carbonyl (C=O) groups excluding carboxylic acids is 1. The third-order valence-corrected chi connectivity index (χ3v) is 2.67. The van der Waals surface area contributed by atoms with Crippen molar-refractivity contribution < 1.29 is 24.2 Å². The molecule has 18 heavy (non-hydrogen) atoms. The molecule has 1 heterocycles. The number of rotatable bonds is 4. The number of benzene rings is 1. The van der Waals surface area contributed by atoms with Gasteiger partial charge in [0.05, 0.1) is 6.04 Å². The minimum Gasteiger partial charge on any atom is -0.465 e. The molecule has 1 aliphatic rings. The highest BCUT2D eigenvalue weighted by molar-refractivity contribution is 5.66. The van der Waals surface area contributed by atoms with Gasteiger partial charge in [-0.3, -0.25) is 0 Å². The first-order valence-corrected chi connectivity index (χ1v) is 5.52. The van der Waals surface area contributed by atoms with Crippen LogP contribution in [0.1, 0.15) is 5.56 Å². The van der Waals surface area contributed by atoms with Crippen LogP contribution in [0, 0.1) is 0 Å². The maximum atomic E-state index is 10.9. The Hall–Kier alpha value is -2.24. The Labute approximate surface area is 104 Å². The quantitative estimate of drug-likeness (QED) is 0.790. The van der Waals surface area contributed by atoms with Gasteiger partial charge in [0.25, 0.3) is 0 Å². The molecule has 6 heteroatoms. The normalized spacial score (nSPS) is 19.8. The van der Waals surface area contributed by atoms with Gasteiger partial charge < -0.3 is 19.9 Å². The van der Waals surface area contributed by atoms with E-state index in [0.717, 1.165) is 5.56 Å². The molecule has 1 unspecified atom stereocenters. The summed E-state index contributed by atoms with van der Waals surface area (Å²) in [7, 11) is 0. The van der Waals surface area contributed by atoms with Crippen LogP contribution in [0.3, 0.4) is 0 Å². The van der Waals surface area contributed by atoms with E-state index >= 15 is 0 Å². The topological polar surface area (TPSA) is 84.9 Å². The average Bonchev–Trinajstić information content (AvgIpc) is 2.76. The molecule has 0 saturated carbocycles. The van der Waals surface area contributed by atoms with Gasteiger partial charge in [-0.2, -0.15) is 0 Å². The third-order valence-electron chi connectivity index (χ3n) is 2.67. The van der Waals surface area contributed by atoms with Gasteiger partial charge in [-0.25, -0.2) is 9.59 Å². The van der Waals surface area contributed by atoms with Crippen LogP contribution >= 0.6 is 0 Å². The maximum absolute atomic E-state index is 10.9. The van der Waals surface area contributed by atoms with Crippen LogP contribution in [-0.2, 0) is 15.9 Å². The van der Waals surface area contributed by atoms with Gasteiger partial charge in [0, 0.05) is 0 Å². The Bertz CT molecular complexity index is 433. The smallest absolute Gasteiger partial charge is 0.465 e. The number of nitrogens with one attached hydrogen (secondary N) is 1. The van der Waals surface area contributed by atoms with Crippen LogP contribution in [0.15, 0.2) is 30.3 Å². The molecule has 96 valence electrons. The summed E-state index contributed by atoms with van der Waals surface area (Å²) in [5.41, 5.74) is 0.958. The number of cyclic esters (lactones) is 2. The van der Waals surface area contributed by atoms with Gasteiger partial charge in [-0.15, -0.1) is 0 Å². The molecule has 0 aromatic heterocycles. The highest BCUT2D eigenvalue weighted by Gasteiger charge is 2.33. The number of hydrogen-bond acceptors (Lipinski definition) is 4. The minimum atomic E-state index is -1.15. The zero-order chi connectivity index (χ0) is 13.0. The molecule has 2 atom stereocenters. The second kappa shape index (κ2) is 5.39. The van der Waals surface area contributed by atoms with Crippen LogP contribution in [0.2, 0.25) is 0 Å². The van der Waals surface area contributed by atoms with E-state index in [2.05, 4.69) is 10.1 Å². The third kappa shape index (κ3) is 3.13. The molecule has 6 nitrogen and oxygen atoms in total. The van der Waals surface area contributed by atoms with E-state index in [1.165, 1.54) is 0 Å². The lowest BCUT2D eigenvalue weighted by Gasteiger charge is -2.20. The van der Waals surface area contributed by atoms with Crippen LogP contribution in [-0.4, -0.2) is 36.1 Å². The molecule has 0 aliphatic carbocycles. The Morgan fingerprint density at radius 2 is 2.17 bits per heavy atom. The average molecular weight is 251 g/mol. The van der Waals surface area contributed by atoms with Crippen molar-refractivity contribution in [2.75, 3.05) is 6.61 Å². The predicted molar refractivity (Wildman–Crippen MR) is 61.3 cm³/mol. The van der Waals surface area contributed by atoms with Crippen molar-refractivity contribution in [1.82, 2.24) is 5.32 Å². The first-order chi connectivity index (χ1) is 8.65. The molecule has 2 N–H and O–H groups in total. The first-order valence-electron chi connectivity index (χ1n) is 5.52. The van der Waals surface area contributed by atoms with Crippen LogP contribution in [0.4, 0.5) is 9.59 Å². The van der Waals surface area contributed by atoms with Crippen molar-refractivity contribution in [1.29, 1.82) is 0 Å².